The molecule has 1 rings (SSSR count). The maximum absolute atomic E-state index is 10.6. The molecule has 0 saturated carbocycles. The number of ether oxygens (including phenoxy) is 1. The van der Waals surface area contributed by atoms with Gasteiger partial charge in [0.1, 0.15) is 0 Å². The average Bonchev–Trinajstić information content (AvgIpc) is 2.21. The van der Waals surface area contributed by atoms with Crippen LogP contribution >= 0.6 is 0 Å². The van der Waals surface area contributed by atoms with Gasteiger partial charge in [-0.15, -0.1) is 0 Å². The van der Waals surface area contributed by atoms with Crippen molar-refractivity contribution in [1.29, 1.82) is 0 Å². The van der Waals surface area contributed by atoms with Crippen LogP contribution in [0.4, 0.5) is 5.69 Å². The number of nitrogens with zero attached hydrogens (tertiary/aromatic N) is 1. The number of phenolic OH excluding ortho intramolecular Hbond substituents is 1. The molecule has 1 aromatic rings. The highest BCUT2D eigenvalue weighted by molar-refractivity contribution is 5.57. The summed E-state index contributed by atoms with van der Waals surface area (Å²) < 4.78 is 5.00. The number of phenols is 1. The van der Waals surface area contributed by atoms with Gasteiger partial charge in [0.05, 0.1) is 18.1 Å². The average molecular weight is 213 g/mol. The molecule has 0 amide bonds. The molecule has 6 heteroatoms. The Labute approximate surface area is 85.9 Å². The molecular formula is C9H11NO5. The minimum atomic E-state index is -0.725. The Hall–Kier alpha value is -1.82. The van der Waals surface area contributed by atoms with Gasteiger partial charge in [0.2, 0.25) is 5.75 Å². The number of rotatable bonds is 4. The van der Waals surface area contributed by atoms with Crippen LogP contribution in [0.3, 0.4) is 0 Å². The van der Waals surface area contributed by atoms with Crippen molar-refractivity contribution in [3.8, 4) is 11.5 Å². The Morgan fingerprint density at radius 1 is 1.53 bits per heavy atom. The molecule has 0 aliphatic rings. The van der Waals surface area contributed by atoms with E-state index in [4.69, 9.17) is 9.84 Å². The van der Waals surface area contributed by atoms with E-state index in [1.165, 1.54) is 6.07 Å². The van der Waals surface area contributed by atoms with E-state index in [-0.39, 0.29) is 19.0 Å². The lowest BCUT2D eigenvalue weighted by atomic mass is 10.2. The van der Waals surface area contributed by atoms with Crippen molar-refractivity contribution in [2.45, 2.75) is 13.5 Å². The topological polar surface area (TPSA) is 92.8 Å². The fourth-order valence-corrected chi connectivity index (χ4v) is 1.14. The van der Waals surface area contributed by atoms with E-state index in [0.29, 0.717) is 5.56 Å². The lowest BCUT2D eigenvalue weighted by Gasteiger charge is -2.07. The first kappa shape index (κ1) is 11.3. The van der Waals surface area contributed by atoms with E-state index in [2.05, 4.69) is 0 Å². The largest absolute Gasteiger partial charge is 0.500 e. The highest BCUT2D eigenvalue weighted by Crippen LogP contribution is 2.37. The van der Waals surface area contributed by atoms with E-state index < -0.39 is 16.4 Å². The third kappa shape index (κ3) is 2.35. The van der Waals surface area contributed by atoms with Crippen LogP contribution in [-0.4, -0.2) is 21.7 Å². The molecule has 0 spiro atoms. The van der Waals surface area contributed by atoms with Gasteiger partial charge in [-0.05, 0) is 18.6 Å². The van der Waals surface area contributed by atoms with Crippen molar-refractivity contribution in [2.24, 2.45) is 0 Å². The van der Waals surface area contributed by atoms with E-state index in [9.17, 15) is 15.2 Å². The normalized spacial score (nSPS) is 10.0. The molecule has 0 unspecified atom stereocenters. The van der Waals surface area contributed by atoms with Crippen LogP contribution in [0.25, 0.3) is 0 Å². The third-order valence-corrected chi connectivity index (χ3v) is 1.79. The van der Waals surface area contributed by atoms with E-state index in [0.717, 1.165) is 6.07 Å². The molecule has 0 bridgehead atoms. The molecule has 0 fully saturated rings. The zero-order chi connectivity index (χ0) is 11.4. The van der Waals surface area contributed by atoms with Gasteiger partial charge in [-0.25, -0.2) is 0 Å². The predicted octanol–water partition coefficient (Wildman–Crippen LogP) is 1.19. The summed E-state index contributed by atoms with van der Waals surface area (Å²) in [4.78, 5) is 9.83. The second kappa shape index (κ2) is 4.61. The zero-order valence-corrected chi connectivity index (χ0v) is 8.14. The van der Waals surface area contributed by atoms with Gasteiger partial charge < -0.3 is 14.9 Å². The summed E-state index contributed by atoms with van der Waals surface area (Å²) in [6.45, 7) is 1.62. The second-order valence-electron chi connectivity index (χ2n) is 2.81. The SMILES string of the molecule is CCOc1cc(CO)cc([N+](=O)[O-])c1O. The number of aliphatic hydroxyl groups is 1. The molecule has 0 aromatic heterocycles. The molecule has 2 N–H and O–H groups in total. The monoisotopic (exact) mass is 213 g/mol. The lowest BCUT2D eigenvalue weighted by molar-refractivity contribution is -0.386. The molecular weight excluding hydrogens is 202 g/mol. The Morgan fingerprint density at radius 3 is 2.67 bits per heavy atom. The summed E-state index contributed by atoms with van der Waals surface area (Å²) in [5, 5.41) is 28.9. The first-order valence-electron chi connectivity index (χ1n) is 4.34. The van der Waals surface area contributed by atoms with E-state index in [1.807, 2.05) is 0 Å². The predicted molar refractivity (Wildman–Crippen MR) is 51.9 cm³/mol. The minimum absolute atomic E-state index is 0.00995. The number of hydrogen-bond acceptors (Lipinski definition) is 5. The Morgan fingerprint density at radius 2 is 2.20 bits per heavy atom. The number of aliphatic hydroxyl groups excluding tert-OH is 1. The summed E-state index contributed by atoms with van der Waals surface area (Å²) in [5.41, 5.74) is -0.145. The van der Waals surface area contributed by atoms with Crippen LogP contribution in [-0.2, 0) is 6.61 Å². The van der Waals surface area contributed by atoms with Crippen LogP contribution < -0.4 is 4.74 Å². The van der Waals surface area contributed by atoms with E-state index >= 15 is 0 Å². The number of hydrogen-bond donors (Lipinski definition) is 2. The number of nitro groups is 1. The van der Waals surface area contributed by atoms with Gasteiger partial charge in [0.15, 0.2) is 5.75 Å². The Balaban J connectivity index is 3.26. The molecule has 0 atom stereocenters. The van der Waals surface area contributed by atoms with Crippen molar-refractivity contribution < 1.29 is 19.9 Å². The molecule has 15 heavy (non-hydrogen) atoms. The van der Waals surface area contributed by atoms with Crippen LogP contribution in [0.2, 0.25) is 0 Å². The first-order valence-corrected chi connectivity index (χ1v) is 4.34. The maximum atomic E-state index is 10.6. The van der Waals surface area contributed by atoms with Crippen LogP contribution in [0.5, 0.6) is 11.5 Å². The van der Waals surface area contributed by atoms with Gasteiger partial charge in [0.25, 0.3) is 0 Å². The summed E-state index contributed by atoms with van der Waals surface area (Å²) in [5.74, 6) is -0.505. The number of nitro benzene ring substituents is 1. The van der Waals surface area contributed by atoms with Crippen LogP contribution in [0.15, 0.2) is 12.1 Å². The van der Waals surface area contributed by atoms with Gasteiger partial charge in [-0.2, -0.15) is 0 Å². The first-order chi connectivity index (χ1) is 7.10. The van der Waals surface area contributed by atoms with Crippen LogP contribution in [0.1, 0.15) is 12.5 Å². The summed E-state index contributed by atoms with van der Waals surface area (Å²) >= 11 is 0. The van der Waals surface area contributed by atoms with Crippen LogP contribution in [0, 0.1) is 10.1 Å². The Bertz CT molecular complexity index is 377. The smallest absolute Gasteiger partial charge is 0.315 e. The molecule has 0 saturated heterocycles. The van der Waals surface area contributed by atoms with Crippen molar-refractivity contribution in [2.75, 3.05) is 6.61 Å². The van der Waals surface area contributed by atoms with E-state index in [1.54, 1.807) is 6.92 Å². The van der Waals surface area contributed by atoms with Gasteiger partial charge >= 0.3 is 5.69 Å². The summed E-state index contributed by atoms with van der Waals surface area (Å²) in [6.07, 6.45) is 0. The van der Waals surface area contributed by atoms with Gasteiger partial charge in [-0.3, -0.25) is 10.1 Å². The second-order valence-corrected chi connectivity index (χ2v) is 2.81. The minimum Gasteiger partial charge on any atom is -0.500 e. The highest BCUT2D eigenvalue weighted by Gasteiger charge is 2.19. The van der Waals surface area contributed by atoms with Gasteiger partial charge in [0, 0.05) is 6.07 Å². The Kier molecular flexibility index (Phi) is 3.46. The number of benzene rings is 1. The quantitative estimate of drug-likeness (QED) is 0.578. The fourth-order valence-electron chi connectivity index (χ4n) is 1.14. The molecule has 1 aromatic carbocycles. The van der Waals surface area contributed by atoms with Gasteiger partial charge in [-0.1, -0.05) is 0 Å². The van der Waals surface area contributed by atoms with Crippen molar-refractivity contribution in [3.05, 3.63) is 27.8 Å². The summed E-state index contributed by atoms with van der Waals surface area (Å²) in [6, 6.07) is 2.48. The summed E-state index contributed by atoms with van der Waals surface area (Å²) in [7, 11) is 0. The molecule has 0 aliphatic carbocycles. The zero-order valence-electron chi connectivity index (χ0n) is 8.14. The highest BCUT2D eigenvalue weighted by atomic mass is 16.6. The molecule has 0 heterocycles. The molecule has 0 radical (unpaired) electrons. The van der Waals surface area contributed by atoms with Crippen molar-refractivity contribution >= 4 is 5.69 Å². The third-order valence-electron chi connectivity index (χ3n) is 1.79. The molecule has 82 valence electrons. The fraction of sp³-hybridized carbons (Fsp3) is 0.333. The molecule has 0 aliphatic heterocycles. The molecule has 6 nitrogen and oxygen atoms in total. The maximum Gasteiger partial charge on any atom is 0.315 e. The number of aromatic hydroxyl groups is 1. The standard InChI is InChI=1S/C9H11NO5/c1-2-15-8-4-6(5-11)3-7(9(8)12)10(13)14/h3-4,11-12H,2,5H2,1H3. The lowest BCUT2D eigenvalue weighted by Crippen LogP contribution is -1.97. The van der Waals surface area contributed by atoms with Crippen molar-refractivity contribution in [3.63, 3.8) is 0 Å². The van der Waals surface area contributed by atoms with Crippen molar-refractivity contribution in [1.82, 2.24) is 0 Å².